The molecular formula is C15H14O. The third-order valence-electron chi connectivity index (χ3n) is 2.34. The zero-order valence-corrected chi connectivity index (χ0v) is 9.15. The highest BCUT2D eigenvalue weighted by molar-refractivity contribution is 5.24. The van der Waals surface area contributed by atoms with Crippen molar-refractivity contribution < 1.29 is 4.42 Å². The zero-order chi connectivity index (χ0) is 11.1. The number of hydrogen-bond donors (Lipinski definition) is 0. The fraction of sp³-hybridized carbons (Fsp3) is 0.200. The Hall–Kier alpha value is -1.94. The summed E-state index contributed by atoms with van der Waals surface area (Å²) in [6, 6.07) is 14.2. The quantitative estimate of drug-likeness (QED) is 0.556. The highest BCUT2D eigenvalue weighted by Gasteiger charge is 1.90. The molecule has 0 atom stereocenters. The van der Waals surface area contributed by atoms with Gasteiger partial charge in [0, 0.05) is 6.42 Å². The number of unbranched alkanes of at least 4 members (excludes halogenated alkanes) is 1. The highest BCUT2D eigenvalue weighted by Crippen LogP contribution is 2.04. The Labute approximate surface area is 96.1 Å². The highest BCUT2D eigenvalue weighted by atomic mass is 16.3. The summed E-state index contributed by atoms with van der Waals surface area (Å²) in [5.41, 5.74) is 1.38. The van der Waals surface area contributed by atoms with Gasteiger partial charge in [-0.3, -0.25) is 0 Å². The van der Waals surface area contributed by atoms with E-state index >= 15 is 0 Å². The van der Waals surface area contributed by atoms with Crippen LogP contribution in [0.3, 0.4) is 0 Å². The van der Waals surface area contributed by atoms with E-state index in [9.17, 15) is 0 Å². The van der Waals surface area contributed by atoms with Gasteiger partial charge in [-0.25, -0.2) is 0 Å². The normalized spacial score (nSPS) is 9.50. The molecule has 1 nitrogen and oxygen atoms in total. The minimum atomic E-state index is 0.750. The summed E-state index contributed by atoms with van der Waals surface area (Å²) >= 11 is 0. The second-order valence-electron chi connectivity index (χ2n) is 3.62. The molecule has 0 radical (unpaired) electrons. The van der Waals surface area contributed by atoms with Gasteiger partial charge in [-0.2, -0.15) is 0 Å². The SMILES string of the molecule is C(#Cc1ccco1)CCCc1ccccc1. The van der Waals surface area contributed by atoms with E-state index in [2.05, 4.69) is 36.1 Å². The minimum Gasteiger partial charge on any atom is -0.456 e. The molecule has 1 aromatic carbocycles. The van der Waals surface area contributed by atoms with Crippen LogP contribution in [-0.2, 0) is 6.42 Å². The maximum absolute atomic E-state index is 5.12. The first-order valence-electron chi connectivity index (χ1n) is 5.51. The molecule has 0 unspecified atom stereocenters. The van der Waals surface area contributed by atoms with E-state index in [1.165, 1.54) is 5.56 Å². The van der Waals surface area contributed by atoms with Gasteiger partial charge in [0.15, 0.2) is 5.76 Å². The summed E-state index contributed by atoms with van der Waals surface area (Å²) < 4.78 is 5.12. The number of benzene rings is 1. The summed E-state index contributed by atoms with van der Waals surface area (Å²) in [5.74, 6) is 6.86. The van der Waals surface area contributed by atoms with Crippen molar-refractivity contribution in [1.29, 1.82) is 0 Å². The van der Waals surface area contributed by atoms with Crippen molar-refractivity contribution in [2.75, 3.05) is 0 Å². The molecule has 80 valence electrons. The molecular weight excluding hydrogens is 196 g/mol. The molecule has 2 rings (SSSR count). The lowest BCUT2D eigenvalue weighted by molar-refractivity contribution is 0.554. The van der Waals surface area contributed by atoms with Crippen LogP contribution in [0, 0.1) is 11.8 Å². The van der Waals surface area contributed by atoms with Gasteiger partial charge in [-0.15, -0.1) is 0 Å². The van der Waals surface area contributed by atoms with Gasteiger partial charge in [-0.1, -0.05) is 36.3 Å². The average Bonchev–Trinajstić information content (AvgIpc) is 2.83. The Morgan fingerprint density at radius 2 is 1.88 bits per heavy atom. The maximum Gasteiger partial charge on any atom is 0.176 e. The van der Waals surface area contributed by atoms with Gasteiger partial charge < -0.3 is 4.42 Å². The van der Waals surface area contributed by atoms with E-state index in [1.807, 2.05) is 18.2 Å². The number of furan rings is 1. The first kappa shape index (κ1) is 10.6. The minimum absolute atomic E-state index is 0.750. The molecule has 0 saturated heterocycles. The third kappa shape index (κ3) is 3.33. The van der Waals surface area contributed by atoms with Crippen molar-refractivity contribution >= 4 is 0 Å². The van der Waals surface area contributed by atoms with Crippen LogP contribution in [0.15, 0.2) is 53.1 Å². The van der Waals surface area contributed by atoms with E-state index in [1.54, 1.807) is 6.26 Å². The van der Waals surface area contributed by atoms with Crippen LogP contribution in [0.4, 0.5) is 0 Å². The molecule has 0 aliphatic carbocycles. The second kappa shape index (κ2) is 5.82. The number of hydrogen-bond acceptors (Lipinski definition) is 1. The van der Waals surface area contributed by atoms with Gasteiger partial charge >= 0.3 is 0 Å². The number of aryl methyl sites for hydroxylation is 1. The summed E-state index contributed by atoms with van der Waals surface area (Å²) in [6.45, 7) is 0. The predicted octanol–water partition coefficient (Wildman–Crippen LogP) is 3.65. The van der Waals surface area contributed by atoms with Gasteiger partial charge in [0.05, 0.1) is 6.26 Å². The van der Waals surface area contributed by atoms with E-state index in [0.29, 0.717) is 0 Å². The smallest absolute Gasteiger partial charge is 0.176 e. The van der Waals surface area contributed by atoms with Gasteiger partial charge in [0.1, 0.15) is 0 Å². The van der Waals surface area contributed by atoms with Crippen LogP contribution in [0.1, 0.15) is 24.2 Å². The summed E-state index contributed by atoms with van der Waals surface area (Å²) in [5, 5.41) is 0. The molecule has 0 spiro atoms. The summed E-state index contributed by atoms with van der Waals surface area (Å²) in [7, 11) is 0. The lowest BCUT2D eigenvalue weighted by Crippen LogP contribution is -1.83. The molecule has 0 saturated carbocycles. The molecule has 2 aromatic rings. The van der Waals surface area contributed by atoms with Crippen molar-refractivity contribution in [3.05, 3.63) is 60.1 Å². The third-order valence-corrected chi connectivity index (χ3v) is 2.34. The Bertz CT molecular complexity index is 457. The van der Waals surface area contributed by atoms with Crippen molar-refractivity contribution in [1.82, 2.24) is 0 Å². The monoisotopic (exact) mass is 210 g/mol. The average molecular weight is 210 g/mol. The summed E-state index contributed by atoms with van der Waals surface area (Å²) in [6.07, 6.45) is 4.75. The van der Waals surface area contributed by atoms with E-state index < -0.39 is 0 Å². The van der Waals surface area contributed by atoms with E-state index in [0.717, 1.165) is 25.0 Å². The van der Waals surface area contributed by atoms with Crippen LogP contribution in [0.25, 0.3) is 0 Å². The van der Waals surface area contributed by atoms with Crippen LogP contribution in [0.2, 0.25) is 0 Å². The maximum atomic E-state index is 5.12. The molecule has 0 aliphatic rings. The predicted molar refractivity (Wildman–Crippen MR) is 65.0 cm³/mol. The van der Waals surface area contributed by atoms with Crippen molar-refractivity contribution in [2.45, 2.75) is 19.3 Å². The fourth-order valence-corrected chi connectivity index (χ4v) is 1.52. The van der Waals surface area contributed by atoms with E-state index in [4.69, 9.17) is 4.42 Å². The molecule has 1 heterocycles. The van der Waals surface area contributed by atoms with Crippen LogP contribution >= 0.6 is 0 Å². The molecule has 1 heteroatoms. The van der Waals surface area contributed by atoms with Gasteiger partial charge in [0.25, 0.3) is 0 Å². The second-order valence-corrected chi connectivity index (χ2v) is 3.62. The summed E-state index contributed by atoms with van der Waals surface area (Å²) in [4.78, 5) is 0. The molecule has 0 bridgehead atoms. The standard InChI is InChI=1S/C15H14O/c1-3-8-14(9-4-1)10-5-2-6-11-15-12-7-13-16-15/h1,3-4,7-9,12-13H,2,5,10H2. The Balaban J connectivity index is 1.73. The Kier molecular flexibility index (Phi) is 3.85. The first-order chi connectivity index (χ1) is 7.95. The Morgan fingerprint density at radius 3 is 2.62 bits per heavy atom. The molecule has 0 fully saturated rings. The molecule has 16 heavy (non-hydrogen) atoms. The topological polar surface area (TPSA) is 13.1 Å². The molecule has 0 amide bonds. The van der Waals surface area contributed by atoms with Crippen molar-refractivity contribution in [2.24, 2.45) is 0 Å². The zero-order valence-electron chi connectivity index (χ0n) is 9.15. The molecule has 0 N–H and O–H groups in total. The van der Waals surface area contributed by atoms with Crippen LogP contribution < -0.4 is 0 Å². The van der Waals surface area contributed by atoms with E-state index in [-0.39, 0.29) is 0 Å². The van der Waals surface area contributed by atoms with Crippen LogP contribution in [0.5, 0.6) is 0 Å². The van der Waals surface area contributed by atoms with Crippen molar-refractivity contribution in [3.63, 3.8) is 0 Å². The molecule has 1 aromatic heterocycles. The molecule has 0 aliphatic heterocycles. The first-order valence-corrected chi connectivity index (χ1v) is 5.51. The van der Waals surface area contributed by atoms with Crippen LogP contribution in [-0.4, -0.2) is 0 Å². The van der Waals surface area contributed by atoms with Gasteiger partial charge in [-0.05, 0) is 36.5 Å². The number of rotatable bonds is 3. The Morgan fingerprint density at radius 1 is 1.00 bits per heavy atom. The van der Waals surface area contributed by atoms with Crippen molar-refractivity contribution in [3.8, 4) is 11.8 Å². The lowest BCUT2D eigenvalue weighted by atomic mass is 10.1. The fourth-order valence-electron chi connectivity index (χ4n) is 1.52. The largest absolute Gasteiger partial charge is 0.456 e. The lowest BCUT2D eigenvalue weighted by Gasteiger charge is -1.96. The van der Waals surface area contributed by atoms with Gasteiger partial charge in [0.2, 0.25) is 0 Å².